The number of likely N-dealkylation sites (tertiary alicyclic amines) is 1. The molecule has 0 saturated carbocycles. The van der Waals surface area contributed by atoms with E-state index >= 15 is 0 Å². The Hall–Kier alpha value is -2.64. The van der Waals surface area contributed by atoms with Crippen molar-refractivity contribution in [1.82, 2.24) is 14.9 Å². The van der Waals surface area contributed by atoms with Gasteiger partial charge in [-0.1, -0.05) is 0 Å². The van der Waals surface area contributed by atoms with E-state index in [4.69, 9.17) is 0 Å². The van der Waals surface area contributed by atoms with Crippen LogP contribution in [0.5, 0.6) is 0 Å². The number of carbonyl (C=O) groups excluding carboxylic acids is 1. The average Bonchev–Trinajstić information content (AvgIpc) is 2.62. The van der Waals surface area contributed by atoms with E-state index in [0.717, 1.165) is 31.4 Å². The topological polar surface area (TPSA) is 58.1 Å². The van der Waals surface area contributed by atoms with Gasteiger partial charge in [0.05, 0.1) is 5.69 Å². The Labute approximate surface area is 142 Å². The Morgan fingerprint density at radius 3 is 2.52 bits per heavy atom. The highest BCUT2D eigenvalue weighted by Crippen LogP contribution is 2.22. The van der Waals surface area contributed by atoms with Gasteiger partial charge in [0.1, 0.15) is 5.69 Å². The van der Waals surface area contributed by atoms with Crippen molar-refractivity contribution in [3.8, 4) is 0 Å². The van der Waals surface area contributed by atoms with Crippen LogP contribution in [0.3, 0.4) is 0 Å². The summed E-state index contributed by atoms with van der Waals surface area (Å²) in [6.45, 7) is 3.01. The summed E-state index contributed by atoms with van der Waals surface area (Å²) in [5.74, 6) is -4.50. The standard InChI is InChI=1S/C17H17F3N4O/c1-10-9-13(16(25)24-7-3-2-4-8-24)23-17(21-10)22-12-6-5-11(18)14(19)15(12)20/h5-6,9H,2-4,7-8H2,1H3,(H,21,22,23). The SMILES string of the molecule is Cc1cc(C(=O)N2CCCCC2)nc(Nc2ccc(F)c(F)c2F)n1. The fourth-order valence-electron chi connectivity index (χ4n) is 2.74. The summed E-state index contributed by atoms with van der Waals surface area (Å²) in [6.07, 6.45) is 2.98. The molecule has 1 N–H and O–H groups in total. The van der Waals surface area contributed by atoms with Crippen LogP contribution >= 0.6 is 0 Å². The first-order valence-electron chi connectivity index (χ1n) is 8.01. The third kappa shape index (κ3) is 3.72. The maximum atomic E-state index is 13.8. The Bertz CT molecular complexity index is 807. The quantitative estimate of drug-likeness (QED) is 0.860. The van der Waals surface area contributed by atoms with Crippen LogP contribution in [0.1, 0.15) is 35.4 Å². The Kier molecular flexibility index (Phi) is 4.87. The molecule has 3 rings (SSSR count). The lowest BCUT2D eigenvalue weighted by Gasteiger charge is -2.26. The van der Waals surface area contributed by atoms with Gasteiger partial charge in [0.15, 0.2) is 17.5 Å². The Morgan fingerprint density at radius 1 is 1.08 bits per heavy atom. The number of aromatic nitrogens is 2. The number of benzene rings is 1. The molecule has 2 heterocycles. The maximum Gasteiger partial charge on any atom is 0.272 e. The highest BCUT2D eigenvalue weighted by molar-refractivity contribution is 5.92. The van der Waals surface area contributed by atoms with Crippen LogP contribution in [0.25, 0.3) is 0 Å². The van der Waals surface area contributed by atoms with E-state index in [-0.39, 0.29) is 23.2 Å². The molecule has 0 aliphatic carbocycles. The minimum absolute atomic E-state index is 0.0507. The molecule has 0 bridgehead atoms. The molecule has 0 atom stereocenters. The summed E-state index contributed by atoms with van der Waals surface area (Å²) in [4.78, 5) is 22.4. The molecule has 1 saturated heterocycles. The summed E-state index contributed by atoms with van der Waals surface area (Å²) in [5, 5.41) is 2.50. The number of carbonyl (C=O) groups is 1. The van der Waals surface area contributed by atoms with Gasteiger partial charge in [0.25, 0.3) is 5.91 Å². The van der Waals surface area contributed by atoms with E-state index in [0.29, 0.717) is 18.8 Å². The largest absolute Gasteiger partial charge is 0.337 e. The van der Waals surface area contributed by atoms with Crippen molar-refractivity contribution in [3.63, 3.8) is 0 Å². The zero-order chi connectivity index (χ0) is 18.0. The number of rotatable bonds is 3. The number of aryl methyl sites for hydroxylation is 1. The number of nitrogens with one attached hydrogen (secondary N) is 1. The molecule has 132 valence electrons. The molecule has 25 heavy (non-hydrogen) atoms. The van der Waals surface area contributed by atoms with Crippen LogP contribution in [0.2, 0.25) is 0 Å². The van der Waals surface area contributed by atoms with Crippen molar-refractivity contribution >= 4 is 17.5 Å². The molecule has 0 unspecified atom stereocenters. The van der Waals surface area contributed by atoms with Gasteiger partial charge in [-0.05, 0) is 44.4 Å². The molecular formula is C17H17F3N4O. The molecule has 1 aromatic carbocycles. The lowest BCUT2D eigenvalue weighted by Crippen LogP contribution is -2.36. The van der Waals surface area contributed by atoms with E-state index in [2.05, 4.69) is 15.3 Å². The average molecular weight is 350 g/mol. The van der Waals surface area contributed by atoms with Crippen molar-refractivity contribution in [1.29, 1.82) is 0 Å². The predicted molar refractivity (Wildman–Crippen MR) is 86.1 cm³/mol. The van der Waals surface area contributed by atoms with Crippen LogP contribution in [-0.2, 0) is 0 Å². The van der Waals surface area contributed by atoms with E-state index in [1.165, 1.54) is 0 Å². The van der Waals surface area contributed by atoms with Crippen molar-refractivity contribution in [3.05, 3.63) is 47.0 Å². The first-order chi connectivity index (χ1) is 12.0. The predicted octanol–water partition coefficient (Wildman–Crippen LogP) is 3.57. The number of hydrogen-bond donors (Lipinski definition) is 1. The zero-order valence-electron chi connectivity index (χ0n) is 13.7. The van der Waals surface area contributed by atoms with Crippen molar-refractivity contribution in [2.45, 2.75) is 26.2 Å². The molecule has 1 amide bonds. The lowest BCUT2D eigenvalue weighted by atomic mass is 10.1. The van der Waals surface area contributed by atoms with Crippen molar-refractivity contribution in [2.75, 3.05) is 18.4 Å². The Balaban J connectivity index is 1.87. The molecule has 1 aromatic heterocycles. The normalized spacial score (nSPS) is 14.5. The first kappa shape index (κ1) is 17.2. The lowest BCUT2D eigenvalue weighted by molar-refractivity contribution is 0.0718. The molecule has 8 heteroatoms. The highest BCUT2D eigenvalue weighted by atomic mass is 19.2. The third-order valence-electron chi connectivity index (χ3n) is 4.00. The van der Waals surface area contributed by atoms with Crippen molar-refractivity contribution < 1.29 is 18.0 Å². The minimum Gasteiger partial charge on any atom is -0.337 e. The van der Waals surface area contributed by atoms with Gasteiger partial charge < -0.3 is 10.2 Å². The van der Waals surface area contributed by atoms with Gasteiger partial charge in [-0.3, -0.25) is 4.79 Å². The summed E-state index contributed by atoms with van der Waals surface area (Å²) in [6, 6.07) is 3.39. The third-order valence-corrected chi connectivity index (χ3v) is 4.00. The fourth-order valence-corrected chi connectivity index (χ4v) is 2.74. The summed E-state index contributed by atoms with van der Waals surface area (Å²) in [7, 11) is 0. The number of nitrogens with zero attached hydrogens (tertiary/aromatic N) is 3. The van der Waals surface area contributed by atoms with Gasteiger partial charge in [-0.2, -0.15) is 0 Å². The number of piperidine rings is 1. The van der Waals surface area contributed by atoms with Gasteiger partial charge in [-0.25, -0.2) is 23.1 Å². The molecule has 1 fully saturated rings. The molecule has 0 radical (unpaired) electrons. The van der Waals surface area contributed by atoms with Gasteiger partial charge in [-0.15, -0.1) is 0 Å². The Morgan fingerprint density at radius 2 is 1.80 bits per heavy atom. The molecule has 5 nitrogen and oxygen atoms in total. The van der Waals surface area contributed by atoms with Gasteiger partial charge in [0, 0.05) is 18.8 Å². The molecule has 0 spiro atoms. The molecule has 1 aliphatic rings. The van der Waals surface area contributed by atoms with E-state index in [1.807, 2.05) is 0 Å². The number of amides is 1. The second-order valence-electron chi connectivity index (χ2n) is 5.92. The van der Waals surface area contributed by atoms with Crippen LogP contribution in [-0.4, -0.2) is 33.9 Å². The van der Waals surface area contributed by atoms with Crippen LogP contribution in [0, 0.1) is 24.4 Å². The van der Waals surface area contributed by atoms with E-state index < -0.39 is 17.5 Å². The minimum atomic E-state index is -1.58. The number of hydrogen-bond acceptors (Lipinski definition) is 4. The fraction of sp³-hybridized carbons (Fsp3) is 0.353. The second-order valence-corrected chi connectivity index (χ2v) is 5.92. The van der Waals surface area contributed by atoms with E-state index in [9.17, 15) is 18.0 Å². The zero-order valence-corrected chi connectivity index (χ0v) is 13.7. The highest BCUT2D eigenvalue weighted by Gasteiger charge is 2.21. The summed E-state index contributed by atoms with van der Waals surface area (Å²) >= 11 is 0. The molecule has 1 aliphatic heterocycles. The van der Waals surface area contributed by atoms with E-state index in [1.54, 1.807) is 17.9 Å². The number of anilines is 2. The molecular weight excluding hydrogens is 333 g/mol. The van der Waals surface area contributed by atoms with Gasteiger partial charge in [0.2, 0.25) is 5.95 Å². The maximum absolute atomic E-state index is 13.8. The first-order valence-corrected chi connectivity index (χ1v) is 8.01. The van der Waals surface area contributed by atoms with Crippen molar-refractivity contribution in [2.24, 2.45) is 0 Å². The summed E-state index contributed by atoms with van der Waals surface area (Å²) in [5.41, 5.74) is 0.376. The number of halogens is 3. The molecule has 2 aromatic rings. The van der Waals surface area contributed by atoms with Crippen LogP contribution in [0.15, 0.2) is 18.2 Å². The van der Waals surface area contributed by atoms with Crippen LogP contribution < -0.4 is 5.32 Å². The second kappa shape index (κ2) is 7.08. The van der Waals surface area contributed by atoms with Gasteiger partial charge >= 0.3 is 0 Å². The van der Waals surface area contributed by atoms with Crippen LogP contribution in [0.4, 0.5) is 24.8 Å². The summed E-state index contributed by atoms with van der Waals surface area (Å²) < 4.78 is 40.1. The smallest absolute Gasteiger partial charge is 0.272 e. The monoisotopic (exact) mass is 350 g/mol.